The molecule has 8 heteroatoms. The van der Waals surface area contributed by atoms with Crippen molar-refractivity contribution in [1.82, 2.24) is 10.2 Å². The summed E-state index contributed by atoms with van der Waals surface area (Å²) in [6, 6.07) is -0.758. The van der Waals surface area contributed by atoms with Gasteiger partial charge in [-0.1, -0.05) is 0 Å². The molecule has 0 radical (unpaired) electrons. The number of rotatable bonds is 4. The molecule has 2 aliphatic rings. The highest BCUT2D eigenvalue weighted by molar-refractivity contribution is 5.90. The number of carbonyl (C=O) groups excluding carboxylic acids is 2. The van der Waals surface area contributed by atoms with E-state index in [0.717, 1.165) is 0 Å². The fourth-order valence-electron chi connectivity index (χ4n) is 3.15. The maximum absolute atomic E-state index is 13.1. The first kappa shape index (κ1) is 17.6. The van der Waals surface area contributed by atoms with Crippen LogP contribution in [0.5, 0.6) is 0 Å². The van der Waals surface area contributed by atoms with Crippen molar-refractivity contribution in [2.24, 2.45) is 5.92 Å². The van der Waals surface area contributed by atoms with Gasteiger partial charge in [-0.3, -0.25) is 14.4 Å². The molecule has 1 unspecified atom stereocenters. The van der Waals surface area contributed by atoms with Crippen LogP contribution in [0.2, 0.25) is 0 Å². The summed E-state index contributed by atoms with van der Waals surface area (Å²) in [5, 5.41) is 11.5. The van der Waals surface area contributed by atoms with E-state index in [1.165, 1.54) is 4.90 Å². The molecule has 0 aromatic rings. The Morgan fingerprint density at radius 3 is 2.48 bits per heavy atom. The van der Waals surface area contributed by atoms with Crippen molar-refractivity contribution in [1.29, 1.82) is 0 Å². The molecule has 1 saturated carbocycles. The predicted octanol–water partition coefficient (Wildman–Crippen LogP) is 1.39. The Balaban J connectivity index is 1.93. The summed E-state index contributed by atoms with van der Waals surface area (Å²) < 4.78 is 26.3. The van der Waals surface area contributed by atoms with Gasteiger partial charge in [-0.15, -0.1) is 0 Å². The van der Waals surface area contributed by atoms with Crippen molar-refractivity contribution in [3.8, 4) is 0 Å². The van der Waals surface area contributed by atoms with Gasteiger partial charge in [-0.05, 0) is 32.1 Å². The van der Waals surface area contributed by atoms with Crippen LogP contribution in [0, 0.1) is 5.92 Å². The zero-order valence-corrected chi connectivity index (χ0v) is 12.9. The summed E-state index contributed by atoms with van der Waals surface area (Å²) in [7, 11) is 0. The lowest BCUT2D eigenvalue weighted by Crippen LogP contribution is -2.50. The second kappa shape index (κ2) is 7.23. The van der Waals surface area contributed by atoms with Crippen LogP contribution in [0.15, 0.2) is 0 Å². The van der Waals surface area contributed by atoms with Crippen LogP contribution in [0.3, 0.4) is 0 Å². The van der Waals surface area contributed by atoms with Gasteiger partial charge in [-0.25, -0.2) is 8.78 Å². The lowest BCUT2D eigenvalue weighted by Gasteiger charge is -2.29. The number of likely N-dealkylation sites (tertiary alicyclic amines) is 1. The van der Waals surface area contributed by atoms with Gasteiger partial charge in [0.25, 0.3) is 0 Å². The van der Waals surface area contributed by atoms with Gasteiger partial charge in [0.05, 0.1) is 0 Å². The summed E-state index contributed by atoms with van der Waals surface area (Å²) in [6.07, 6.45) is 1.43. The minimum absolute atomic E-state index is 0.110. The number of hydrogen-bond donors (Lipinski definition) is 2. The largest absolute Gasteiger partial charge is 0.480 e. The lowest BCUT2D eigenvalue weighted by molar-refractivity contribution is -0.145. The summed E-state index contributed by atoms with van der Waals surface area (Å²) in [4.78, 5) is 36.6. The fraction of sp³-hybridized carbons (Fsp3) is 0.800. The average molecular weight is 332 g/mol. The molecule has 1 atom stereocenters. The Bertz CT molecular complexity index is 474. The summed E-state index contributed by atoms with van der Waals surface area (Å²) >= 11 is 0. The average Bonchev–Trinajstić information content (AvgIpc) is 2.62. The molecule has 2 rings (SSSR count). The molecule has 23 heavy (non-hydrogen) atoms. The van der Waals surface area contributed by atoms with Crippen molar-refractivity contribution in [3.63, 3.8) is 0 Å². The number of carbonyl (C=O) groups is 3. The standard InChI is InChI=1S/C15H22F2N2O4/c16-15(17)6-4-10(5-7-15)13(22)18-11-3-1-2-8-19(14(11)23)9-12(20)21/h10-11H,1-9H2,(H,18,22)(H,20,21). The van der Waals surface area contributed by atoms with Gasteiger partial charge >= 0.3 is 5.97 Å². The Morgan fingerprint density at radius 1 is 1.22 bits per heavy atom. The first-order valence-electron chi connectivity index (χ1n) is 7.97. The molecule has 1 aliphatic heterocycles. The number of nitrogens with zero attached hydrogens (tertiary/aromatic N) is 1. The molecule has 130 valence electrons. The molecule has 2 amide bonds. The zero-order chi connectivity index (χ0) is 17.0. The third-order valence-corrected chi connectivity index (χ3v) is 4.51. The normalized spacial score (nSPS) is 25.7. The van der Waals surface area contributed by atoms with E-state index in [4.69, 9.17) is 5.11 Å². The number of amides is 2. The third kappa shape index (κ3) is 4.87. The minimum Gasteiger partial charge on any atom is -0.480 e. The Labute approximate surface area is 133 Å². The number of aliphatic carboxylic acids is 1. The Kier molecular flexibility index (Phi) is 5.54. The van der Waals surface area contributed by atoms with E-state index in [2.05, 4.69) is 5.32 Å². The van der Waals surface area contributed by atoms with E-state index >= 15 is 0 Å². The van der Waals surface area contributed by atoms with Crippen LogP contribution in [0.25, 0.3) is 0 Å². The van der Waals surface area contributed by atoms with Crippen molar-refractivity contribution in [3.05, 3.63) is 0 Å². The maximum Gasteiger partial charge on any atom is 0.323 e. The molecule has 1 saturated heterocycles. The molecule has 6 nitrogen and oxygen atoms in total. The molecule has 1 aliphatic carbocycles. The van der Waals surface area contributed by atoms with E-state index in [1.54, 1.807) is 0 Å². The quantitative estimate of drug-likeness (QED) is 0.814. The summed E-state index contributed by atoms with van der Waals surface area (Å²) in [6.45, 7) is -0.0337. The van der Waals surface area contributed by atoms with Gasteiger partial charge in [0.1, 0.15) is 12.6 Å². The zero-order valence-electron chi connectivity index (χ0n) is 12.9. The molecular weight excluding hydrogens is 310 g/mol. The van der Waals surface area contributed by atoms with E-state index in [0.29, 0.717) is 25.8 Å². The van der Waals surface area contributed by atoms with Crippen LogP contribution >= 0.6 is 0 Å². The van der Waals surface area contributed by atoms with Crippen molar-refractivity contribution in [2.75, 3.05) is 13.1 Å². The second-order valence-corrected chi connectivity index (χ2v) is 6.34. The molecule has 1 heterocycles. The highest BCUT2D eigenvalue weighted by atomic mass is 19.3. The molecule has 0 spiro atoms. The number of halogens is 2. The predicted molar refractivity (Wildman–Crippen MR) is 76.9 cm³/mol. The Morgan fingerprint density at radius 2 is 1.87 bits per heavy atom. The van der Waals surface area contributed by atoms with Gasteiger partial charge in [0.15, 0.2) is 0 Å². The SMILES string of the molecule is O=C(O)CN1CCCCC(NC(=O)C2CCC(F)(F)CC2)C1=O. The van der Waals surface area contributed by atoms with E-state index in [-0.39, 0.29) is 38.1 Å². The van der Waals surface area contributed by atoms with Gasteiger partial charge in [0, 0.05) is 25.3 Å². The highest BCUT2D eigenvalue weighted by Crippen LogP contribution is 2.36. The third-order valence-electron chi connectivity index (χ3n) is 4.51. The molecule has 0 aromatic carbocycles. The lowest BCUT2D eigenvalue weighted by atomic mass is 9.86. The summed E-state index contributed by atoms with van der Waals surface area (Å²) in [5.41, 5.74) is 0. The highest BCUT2D eigenvalue weighted by Gasteiger charge is 2.38. The van der Waals surface area contributed by atoms with Crippen LogP contribution in [-0.2, 0) is 14.4 Å². The van der Waals surface area contributed by atoms with Gasteiger partial charge < -0.3 is 15.3 Å². The van der Waals surface area contributed by atoms with E-state index in [1.807, 2.05) is 0 Å². The van der Waals surface area contributed by atoms with Gasteiger partial charge in [0.2, 0.25) is 17.7 Å². The Hall–Kier alpha value is -1.73. The van der Waals surface area contributed by atoms with Crippen molar-refractivity contribution in [2.45, 2.75) is 56.9 Å². The topological polar surface area (TPSA) is 86.7 Å². The van der Waals surface area contributed by atoms with Crippen LogP contribution in [-0.4, -0.2) is 52.8 Å². The number of carboxylic acids is 1. The first-order chi connectivity index (χ1) is 10.8. The number of nitrogens with one attached hydrogen (secondary N) is 1. The molecule has 2 N–H and O–H groups in total. The number of alkyl halides is 2. The number of hydrogen-bond acceptors (Lipinski definition) is 3. The van der Waals surface area contributed by atoms with Crippen LogP contribution < -0.4 is 5.32 Å². The van der Waals surface area contributed by atoms with Crippen molar-refractivity contribution < 1.29 is 28.3 Å². The fourth-order valence-corrected chi connectivity index (χ4v) is 3.15. The first-order valence-corrected chi connectivity index (χ1v) is 7.97. The molecular formula is C15H22F2N2O4. The van der Waals surface area contributed by atoms with Crippen LogP contribution in [0.1, 0.15) is 44.9 Å². The summed E-state index contributed by atoms with van der Waals surface area (Å²) in [5.74, 6) is -5.08. The molecule has 2 fully saturated rings. The molecule has 0 bridgehead atoms. The smallest absolute Gasteiger partial charge is 0.323 e. The molecule has 0 aromatic heterocycles. The van der Waals surface area contributed by atoms with Crippen molar-refractivity contribution >= 4 is 17.8 Å². The number of carboxylic acid groups (broad SMARTS) is 1. The minimum atomic E-state index is -2.70. The van der Waals surface area contributed by atoms with E-state index in [9.17, 15) is 23.2 Å². The monoisotopic (exact) mass is 332 g/mol. The maximum atomic E-state index is 13.1. The van der Waals surface area contributed by atoms with Gasteiger partial charge in [-0.2, -0.15) is 0 Å². The second-order valence-electron chi connectivity index (χ2n) is 6.34. The van der Waals surface area contributed by atoms with Crippen LogP contribution in [0.4, 0.5) is 8.78 Å². The van der Waals surface area contributed by atoms with E-state index < -0.39 is 29.8 Å².